The lowest BCUT2D eigenvalue weighted by Gasteiger charge is -2.25. The van der Waals surface area contributed by atoms with Gasteiger partial charge in [-0.15, -0.1) is 0 Å². The molecule has 6 heteroatoms. The highest BCUT2D eigenvalue weighted by molar-refractivity contribution is 5.93. The molecular formula is C12H17N3O3. The lowest BCUT2D eigenvalue weighted by Crippen LogP contribution is -2.48. The Morgan fingerprint density at radius 1 is 1.56 bits per heavy atom. The number of hydrogen-bond donors (Lipinski definition) is 2. The van der Waals surface area contributed by atoms with Gasteiger partial charge in [0.1, 0.15) is 0 Å². The van der Waals surface area contributed by atoms with Gasteiger partial charge < -0.3 is 19.9 Å². The molecule has 0 bridgehead atoms. The molecule has 1 aromatic heterocycles. The van der Waals surface area contributed by atoms with Crippen LogP contribution in [0.3, 0.4) is 0 Å². The van der Waals surface area contributed by atoms with Crippen LogP contribution in [0.25, 0.3) is 0 Å². The largest absolute Gasteiger partial charge is 0.383 e. The van der Waals surface area contributed by atoms with E-state index in [4.69, 9.17) is 4.74 Å². The average Bonchev–Trinajstić information content (AvgIpc) is 2.27. The minimum Gasteiger partial charge on any atom is -0.383 e. The van der Waals surface area contributed by atoms with Gasteiger partial charge in [0.05, 0.1) is 18.2 Å². The van der Waals surface area contributed by atoms with Gasteiger partial charge in [0, 0.05) is 39.0 Å². The van der Waals surface area contributed by atoms with Gasteiger partial charge in [-0.1, -0.05) is 0 Å². The predicted octanol–water partition coefficient (Wildman–Crippen LogP) is -0.347. The lowest BCUT2D eigenvalue weighted by molar-refractivity contribution is -0.121. The molecule has 98 valence electrons. The van der Waals surface area contributed by atoms with Crippen LogP contribution in [0.5, 0.6) is 0 Å². The number of methoxy groups -OCH3 is 1. The standard InChI is InChI=1S/C12H17N3O3/c1-18-5-4-15-8-10(2-3-11(15)16)14-12(17)9-6-13-7-9/h2-3,8-9,13H,4-7H2,1H3,(H,14,17). The molecule has 18 heavy (non-hydrogen) atoms. The van der Waals surface area contributed by atoms with E-state index in [0.29, 0.717) is 18.8 Å². The average molecular weight is 251 g/mol. The van der Waals surface area contributed by atoms with Gasteiger partial charge in [-0.05, 0) is 6.07 Å². The summed E-state index contributed by atoms with van der Waals surface area (Å²) in [4.78, 5) is 23.3. The Balaban J connectivity index is 2.03. The van der Waals surface area contributed by atoms with Crippen molar-refractivity contribution in [3.63, 3.8) is 0 Å². The molecule has 1 aromatic rings. The fourth-order valence-electron chi connectivity index (χ4n) is 1.69. The van der Waals surface area contributed by atoms with E-state index in [2.05, 4.69) is 10.6 Å². The first-order valence-electron chi connectivity index (χ1n) is 5.91. The summed E-state index contributed by atoms with van der Waals surface area (Å²) >= 11 is 0. The van der Waals surface area contributed by atoms with Crippen LogP contribution in [0.15, 0.2) is 23.1 Å². The quantitative estimate of drug-likeness (QED) is 0.750. The SMILES string of the molecule is COCCn1cc(NC(=O)C2CNC2)ccc1=O. The third-order valence-electron chi connectivity index (χ3n) is 2.94. The Hall–Kier alpha value is -1.66. The molecule has 0 spiro atoms. The summed E-state index contributed by atoms with van der Waals surface area (Å²) in [7, 11) is 1.58. The van der Waals surface area contributed by atoms with Crippen molar-refractivity contribution in [2.24, 2.45) is 5.92 Å². The number of nitrogens with one attached hydrogen (secondary N) is 2. The zero-order chi connectivity index (χ0) is 13.0. The molecular weight excluding hydrogens is 234 g/mol. The molecule has 0 aliphatic carbocycles. The zero-order valence-corrected chi connectivity index (χ0v) is 10.3. The van der Waals surface area contributed by atoms with E-state index in [1.165, 1.54) is 10.6 Å². The molecule has 1 amide bonds. The molecule has 1 aliphatic rings. The molecule has 6 nitrogen and oxygen atoms in total. The van der Waals surface area contributed by atoms with Gasteiger partial charge in [-0.25, -0.2) is 0 Å². The topological polar surface area (TPSA) is 72.4 Å². The first-order chi connectivity index (χ1) is 8.70. The summed E-state index contributed by atoms with van der Waals surface area (Å²) in [6.07, 6.45) is 1.64. The van der Waals surface area contributed by atoms with Gasteiger partial charge in [-0.2, -0.15) is 0 Å². The highest BCUT2D eigenvalue weighted by Gasteiger charge is 2.24. The summed E-state index contributed by atoms with van der Waals surface area (Å²) in [5.41, 5.74) is 0.540. The Morgan fingerprint density at radius 2 is 2.33 bits per heavy atom. The monoisotopic (exact) mass is 251 g/mol. The highest BCUT2D eigenvalue weighted by Crippen LogP contribution is 2.09. The van der Waals surface area contributed by atoms with Gasteiger partial charge in [-0.3, -0.25) is 9.59 Å². The number of anilines is 1. The van der Waals surface area contributed by atoms with Crippen molar-refractivity contribution in [1.29, 1.82) is 0 Å². The molecule has 0 unspecified atom stereocenters. The Labute approximate surface area is 105 Å². The van der Waals surface area contributed by atoms with Crippen molar-refractivity contribution in [1.82, 2.24) is 9.88 Å². The minimum atomic E-state index is -0.102. The molecule has 2 rings (SSSR count). The zero-order valence-electron chi connectivity index (χ0n) is 10.3. The number of carbonyl (C=O) groups excluding carboxylic acids is 1. The molecule has 0 radical (unpaired) electrons. The van der Waals surface area contributed by atoms with Crippen molar-refractivity contribution in [2.75, 3.05) is 32.1 Å². The number of amides is 1. The van der Waals surface area contributed by atoms with E-state index >= 15 is 0 Å². The van der Waals surface area contributed by atoms with Crippen LogP contribution in [-0.4, -0.2) is 37.3 Å². The number of carbonyl (C=O) groups is 1. The fourth-order valence-corrected chi connectivity index (χ4v) is 1.69. The van der Waals surface area contributed by atoms with Crippen LogP contribution < -0.4 is 16.2 Å². The second-order valence-electron chi connectivity index (χ2n) is 4.29. The molecule has 2 heterocycles. The van der Waals surface area contributed by atoms with Crippen LogP contribution in [0.1, 0.15) is 0 Å². The summed E-state index contributed by atoms with van der Waals surface area (Å²) < 4.78 is 6.46. The molecule has 1 aliphatic heterocycles. The normalized spacial score (nSPS) is 15.2. The molecule has 0 aromatic carbocycles. The number of ether oxygens (including phenoxy) is 1. The molecule has 0 atom stereocenters. The third-order valence-corrected chi connectivity index (χ3v) is 2.94. The molecule has 0 saturated carbocycles. The number of nitrogens with zero attached hydrogens (tertiary/aromatic N) is 1. The summed E-state index contributed by atoms with van der Waals surface area (Å²) in [6.45, 7) is 2.37. The van der Waals surface area contributed by atoms with Crippen LogP contribution in [0, 0.1) is 5.92 Å². The number of rotatable bonds is 5. The fraction of sp³-hybridized carbons (Fsp3) is 0.500. The van der Waals surface area contributed by atoms with Crippen LogP contribution >= 0.6 is 0 Å². The van der Waals surface area contributed by atoms with Gasteiger partial charge in [0.25, 0.3) is 5.56 Å². The first-order valence-corrected chi connectivity index (χ1v) is 5.91. The Morgan fingerprint density at radius 3 is 2.94 bits per heavy atom. The van der Waals surface area contributed by atoms with Crippen molar-refractivity contribution in [2.45, 2.75) is 6.54 Å². The van der Waals surface area contributed by atoms with Crippen molar-refractivity contribution >= 4 is 11.6 Å². The van der Waals surface area contributed by atoms with E-state index in [-0.39, 0.29) is 17.4 Å². The van der Waals surface area contributed by atoms with E-state index in [0.717, 1.165) is 13.1 Å². The second-order valence-corrected chi connectivity index (χ2v) is 4.29. The Kier molecular flexibility index (Phi) is 4.11. The van der Waals surface area contributed by atoms with Crippen molar-refractivity contribution in [3.05, 3.63) is 28.7 Å². The summed E-state index contributed by atoms with van der Waals surface area (Å²) in [5, 5.41) is 5.85. The Bertz CT molecular complexity index is 480. The maximum atomic E-state index is 11.7. The lowest BCUT2D eigenvalue weighted by atomic mass is 10.0. The van der Waals surface area contributed by atoms with Gasteiger partial charge in [0.2, 0.25) is 5.91 Å². The smallest absolute Gasteiger partial charge is 0.250 e. The van der Waals surface area contributed by atoms with E-state index < -0.39 is 0 Å². The van der Waals surface area contributed by atoms with Crippen molar-refractivity contribution in [3.8, 4) is 0 Å². The van der Waals surface area contributed by atoms with Crippen LogP contribution in [0.4, 0.5) is 5.69 Å². The van der Waals surface area contributed by atoms with Crippen LogP contribution in [0.2, 0.25) is 0 Å². The van der Waals surface area contributed by atoms with E-state index in [1.54, 1.807) is 19.4 Å². The molecule has 1 fully saturated rings. The first kappa shape index (κ1) is 12.8. The third kappa shape index (κ3) is 2.96. The number of hydrogen-bond acceptors (Lipinski definition) is 4. The van der Waals surface area contributed by atoms with Gasteiger partial charge >= 0.3 is 0 Å². The molecule has 1 saturated heterocycles. The maximum Gasteiger partial charge on any atom is 0.250 e. The highest BCUT2D eigenvalue weighted by atomic mass is 16.5. The second kappa shape index (κ2) is 5.79. The van der Waals surface area contributed by atoms with Crippen LogP contribution in [-0.2, 0) is 16.1 Å². The summed E-state index contributed by atoms with van der Waals surface area (Å²) in [6, 6.07) is 3.07. The number of aromatic nitrogens is 1. The number of pyridine rings is 1. The summed E-state index contributed by atoms with van der Waals surface area (Å²) in [5.74, 6) is 0.0232. The van der Waals surface area contributed by atoms with E-state index in [9.17, 15) is 9.59 Å². The van der Waals surface area contributed by atoms with Gasteiger partial charge in [0.15, 0.2) is 0 Å². The predicted molar refractivity (Wildman–Crippen MR) is 67.6 cm³/mol. The van der Waals surface area contributed by atoms with E-state index in [1.807, 2.05) is 0 Å². The van der Waals surface area contributed by atoms with Crippen molar-refractivity contribution < 1.29 is 9.53 Å². The minimum absolute atomic E-state index is 0.00862. The maximum absolute atomic E-state index is 11.7. The molecule has 2 N–H and O–H groups in total.